The standard InChI is InChI=1S/C28H37N5O8S2/c1-32-19-30-24-5-6-25(31-26(24)32)43(38,39)33-11-9-27(10-12-33)14-20(16-41-27)29-15-21(35)17-40-22-3-2-4-23(13-22)42(36,37)28(18-34)7-8-28/h2-6,13,19-21,29,34-35H,7-12,14-18H2,1H3/t20-,21+/m1/s1. The maximum Gasteiger partial charge on any atom is 0.260 e. The third-order valence-corrected chi connectivity index (χ3v) is 13.2. The second kappa shape index (κ2) is 11.4. The Kier molecular flexibility index (Phi) is 8.03. The first-order valence-electron chi connectivity index (χ1n) is 14.4. The highest BCUT2D eigenvalue weighted by Gasteiger charge is 2.54. The topological polar surface area (TPSA) is 173 Å². The Morgan fingerprint density at radius 3 is 2.63 bits per heavy atom. The lowest BCUT2D eigenvalue weighted by Gasteiger charge is -2.37. The molecule has 15 heteroatoms. The lowest BCUT2D eigenvalue weighted by molar-refractivity contribution is -0.0312. The van der Waals surface area contributed by atoms with Crippen molar-refractivity contribution in [1.29, 1.82) is 0 Å². The van der Waals surface area contributed by atoms with Crippen molar-refractivity contribution in [2.75, 3.05) is 39.5 Å². The van der Waals surface area contributed by atoms with E-state index in [4.69, 9.17) is 9.47 Å². The summed E-state index contributed by atoms with van der Waals surface area (Å²) in [4.78, 5) is 8.65. The number of sulfonamides is 1. The van der Waals surface area contributed by atoms with Crippen molar-refractivity contribution in [3.05, 3.63) is 42.7 Å². The van der Waals surface area contributed by atoms with Gasteiger partial charge in [-0.1, -0.05) is 6.07 Å². The fourth-order valence-corrected chi connectivity index (χ4v) is 9.12. The Labute approximate surface area is 250 Å². The molecule has 2 aliphatic heterocycles. The van der Waals surface area contributed by atoms with Crippen molar-refractivity contribution < 1.29 is 36.5 Å². The van der Waals surface area contributed by atoms with E-state index in [1.165, 1.54) is 22.5 Å². The molecule has 1 saturated carbocycles. The molecule has 0 radical (unpaired) electrons. The molecule has 0 unspecified atom stereocenters. The van der Waals surface area contributed by atoms with E-state index in [1.54, 1.807) is 36.1 Å². The molecule has 2 aromatic heterocycles. The van der Waals surface area contributed by atoms with E-state index in [0.717, 1.165) is 0 Å². The van der Waals surface area contributed by atoms with Gasteiger partial charge in [0, 0.05) is 32.7 Å². The van der Waals surface area contributed by atoms with Gasteiger partial charge in [-0.3, -0.25) is 0 Å². The minimum atomic E-state index is -3.76. The number of fused-ring (bicyclic) bond motifs is 1. The van der Waals surface area contributed by atoms with Crippen LogP contribution in [0.2, 0.25) is 0 Å². The Balaban J connectivity index is 0.973. The average molecular weight is 636 g/mol. The maximum atomic E-state index is 13.3. The summed E-state index contributed by atoms with van der Waals surface area (Å²) >= 11 is 0. The average Bonchev–Trinajstić information content (AvgIpc) is 3.62. The molecular formula is C28H37N5O8S2. The number of ether oxygens (including phenoxy) is 2. The lowest BCUT2D eigenvalue weighted by Crippen LogP contribution is -2.47. The second-order valence-electron chi connectivity index (χ2n) is 11.8. The zero-order valence-electron chi connectivity index (χ0n) is 23.9. The number of aromatic nitrogens is 3. The SMILES string of the molecule is Cn1cnc2ccc(S(=O)(=O)N3CCC4(CC3)C[C@@H](NC[C@H](O)COc3cccc(S(=O)(=O)C5(CO)CC5)c3)CO4)nc21. The maximum absolute atomic E-state index is 13.3. The molecule has 2 saturated heterocycles. The minimum Gasteiger partial charge on any atom is -0.491 e. The van der Waals surface area contributed by atoms with Gasteiger partial charge in [0.1, 0.15) is 24.0 Å². The number of rotatable bonds is 11. The van der Waals surface area contributed by atoms with Gasteiger partial charge in [-0.15, -0.1) is 0 Å². The molecule has 6 rings (SSSR count). The summed E-state index contributed by atoms with van der Waals surface area (Å²) in [6, 6.07) is 9.29. The van der Waals surface area contributed by atoms with Crippen LogP contribution in [-0.4, -0.2) is 108 Å². The highest BCUT2D eigenvalue weighted by Crippen LogP contribution is 2.46. The molecule has 234 valence electrons. The van der Waals surface area contributed by atoms with E-state index in [1.807, 2.05) is 0 Å². The van der Waals surface area contributed by atoms with Crippen LogP contribution in [0.25, 0.3) is 11.2 Å². The number of aryl methyl sites for hydroxylation is 1. The first-order valence-corrected chi connectivity index (χ1v) is 17.3. The van der Waals surface area contributed by atoms with Crippen molar-refractivity contribution in [2.24, 2.45) is 7.05 Å². The highest BCUT2D eigenvalue weighted by atomic mass is 32.2. The number of hydrogen-bond acceptors (Lipinski definition) is 11. The summed E-state index contributed by atoms with van der Waals surface area (Å²) in [6.45, 7) is 0.903. The van der Waals surface area contributed by atoms with E-state index >= 15 is 0 Å². The van der Waals surface area contributed by atoms with Crippen LogP contribution in [0.5, 0.6) is 5.75 Å². The van der Waals surface area contributed by atoms with Crippen molar-refractivity contribution >= 4 is 31.0 Å². The van der Waals surface area contributed by atoms with Gasteiger partial charge in [-0.2, -0.15) is 4.31 Å². The summed E-state index contributed by atoms with van der Waals surface area (Å²) in [5, 5.41) is 23.4. The van der Waals surface area contributed by atoms with Crippen LogP contribution in [0, 0.1) is 0 Å². The Hall–Kier alpha value is -2.66. The minimum absolute atomic E-state index is 0.00611. The smallest absolute Gasteiger partial charge is 0.260 e. The van der Waals surface area contributed by atoms with Gasteiger partial charge in [0.15, 0.2) is 20.5 Å². The number of nitrogens with zero attached hydrogens (tertiary/aromatic N) is 4. The van der Waals surface area contributed by atoms with Crippen LogP contribution < -0.4 is 10.1 Å². The van der Waals surface area contributed by atoms with Crippen LogP contribution >= 0.6 is 0 Å². The van der Waals surface area contributed by atoms with Gasteiger partial charge in [-0.25, -0.2) is 26.8 Å². The number of imidazole rings is 1. The molecule has 43 heavy (non-hydrogen) atoms. The number of benzene rings is 1. The summed E-state index contributed by atoms with van der Waals surface area (Å²) in [7, 11) is -5.65. The fourth-order valence-electron chi connectivity index (χ4n) is 5.91. The Morgan fingerprint density at radius 2 is 1.91 bits per heavy atom. The number of aliphatic hydroxyl groups excluding tert-OH is 2. The number of aliphatic hydroxyl groups is 2. The molecule has 1 aliphatic carbocycles. The van der Waals surface area contributed by atoms with Crippen molar-refractivity contribution in [1.82, 2.24) is 24.2 Å². The van der Waals surface area contributed by atoms with E-state index < -0.39 is 42.9 Å². The first kappa shape index (κ1) is 30.4. The molecule has 3 aliphatic rings. The third-order valence-electron chi connectivity index (χ3n) is 8.85. The summed E-state index contributed by atoms with van der Waals surface area (Å²) in [6.07, 6.45) is 3.43. The molecule has 3 N–H and O–H groups in total. The quantitative estimate of drug-likeness (QED) is 0.269. The Bertz CT molecular complexity index is 1700. The molecule has 0 bridgehead atoms. The molecular weight excluding hydrogens is 598 g/mol. The third kappa shape index (κ3) is 5.79. The van der Waals surface area contributed by atoms with E-state index in [9.17, 15) is 27.0 Å². The molecule has 4 heterocycles. The number of hydrogen-bond donors (Lipinski definition) is 3. The normalized spacial score (nSPS) is 22.6. The highest BCUT2D eigenvalue weighted by molar-refractivity contribution is 7.93. The molecule has 1 spiro atoms. The number of sulfone groups is 1. The predicted molar refractivity (Wildman–Crippen MR) is 156 cm³/mol. The molecule has 13 nitrogen and oxygen atoms in total. The van der Waals surface area contributed by atoms with Crippen LogP contribution in [-0.2, 0) is 31.6 Å². The van der Waals surface area contributed by atoms with Gasteiger partial charge >= 0.3 is 0 Å². The van der Waals surface area contributed by atoms with Crippen LogP contribution in [0.3, 0.4) is 0 Å². The Morgan fingerprint density at radius 1 is 1.14 bits per heavy atom. The van der Waals surface area contributed by atoms with Gasteiger partial charge < -0.3 is 29.6 Å². The number of nitrogens with one attached hydrogen (secondary N) is 1. The van der Waals surface area contributed by atoms with Crippen LogP contribution in [0.15, 0.2) is 52.6 Å². The van der Waals surface area contributed by atoms with Gasteiger partial charge in [-0.05, 0) is 62.4 Å². The predicted octanol–water partition coefficient (Wildman–Crippen LogP) is 0.609. The van der Waals surface area contributed by atoms with Gasteiger partial charge in [0.05, 0.1) is 34.8 Å². The lowest BCUT2D eigenvalue weighted by atomic mass is 9.88. The van der Waals surface area contributed by atoms with E-state index in [2.05, 4.69) is 15.3 Å². The number of pyridine rings is 1. The van der Waals surface area contributed by atoms with Crippen molar-refractivity contribution in [3.8, 4) is 5.75 Å². The largest absolute Gasteiger partial charge is 0.491 e. The van der Waals surface area contributed by atoms with Gasteiger partial charge in [0.25, 0.3) is 10.0 Å². The summed E-state index contributed by atoms with van der Waals surface area (Å²) in [5.41, 5.74) is 0.726. The monoisotopic (exact) mass is 635 g/mol. The molecule has 0 amide bonds. The van der Waals surface area contributed by atoms with E-state index in [0.29, 0.717) is 68.7 Å². The van der Waals surface area contributed by atoms with Gasteiger partial charge in [0.2, 0.25) is 0 Å². The fraction of sp³-hybridized carbons (Fsp3) is 0.571. The van der Waals surface area contributed by atoms with Crippen LogP contribution in [0.1, 0.15) is 32.1 Å². The van der Waals surface area contributed by atoms with E-state index in [-0.39, 0.29) is 29.1 Å². The van der Waals surface area contributed by atoms with Crippen molar-refractivity contribution in [3.63, 3.8) is 0 Å². The first-order chi connectivity index (χ1) is 20.5. The number of piperidine rings is 1. The molecule has 2 atom stereocenters. The molecule has 1 aromatic carbocycles. The summed E-state index contributed by atoms with van der Waals surface area (Å²) < 4.78 is 66.3. The zero-order chi connectivity index (χ0) is 30.5. The second-order valence-corrected chi connectivity index (χ2v) is 16.1. The molecule has 3 aromatic rings. The van der Waals surface area contributed by atoms with Crippen LogP contribution in [0.4, 0.5) is 0 Å². The zero-order valence-corrected chi connectivity index (χ0v) is 25.6. The molecule has 3 fully saturated rings. The van der Waals surface area contributed by atoms with Crippen molar-refractivity contribution in [2.45, 2.75) is 64.5 Å². The summed E-state index contributed by atoms with van der Waals surface area (Å²) in [5.74, 6) is 0.328.